The fraction of sp³-hybridized carbons (Fsp3) is 0.273. The minimum Gasteiger partial charge on any atom is -0.481 e. The third kappa shape index (κ3) is 7.53. The number of para-hydroxylation sites is 1. The molecule has 1 aromatic heterocycles. The summed E-state index contributed by atoms with van der Waals surface area (Å²) >= 11 is 3.49. The second kappa shape index (κ2) is 13.9. The van der Waals surface area contributed by atoms with E-state index in [0.29, 0.717) is 28.1 Å². The van der Waals surface area contributed by atoms with Crippen LogP contribution in [-0.2, 0) is 11.3 Å². The summed E-state index contributed by atoms with van der Waals surface area (Å²) in [4.78, 5) is 25.1. The second-order valence-electron chi connectivity index (χ2n) is 10.6. The molecule has 4 rings (SSSR count). The van der Waals surface area contributed by atoms with Crippen LogP contribution in [0.5, 0.6) is 0 Å². The summed E-state index contributed by atoms with van der Waals surface area (Å²) in [5.41, 5.74) is 4.68. The highest BCUT2D eigenvalue weighted by atomic mass is 79.9. The van der Waals surface area contributed by atoms with E-state index >= 15 is 0 Å². The summed E-state index contributed by atoms with van der Waals surface area (Å²) in [6.07, 6.45) is -2.54. The summed E-state index contributed by atoms with van der Waals surface area (Å²) in [6.45, 7) is 4.24. The fourth-order valence-electron chi connectivity index (χ4n) is 5.21. The van der Waals surface area contributed by atoms with Crippen LogP contribution in [-0.4, -0.2) is 44.0 Å². The molecular formula is C33H34BrFN2O5. The van der Waals surface area contributed by atoms with E-state index in [1.54, 1.807) is 12.1 Å². The van der Waals surface area contributed by atoms with Crippen LogP contribution >= 0.6 is 15.9 Å². The van der Waals surface area contributed by atoms with Crippen molar-refractivity contribution in [3.63, 3.8) is 0 Å². The summed E-state index contributed by atoms with van der Waals surface area (Å²) in [5, 5.41) is 32.8. The lowest BCUT2D eigenvalue weighted by atomic mass is 9.94. The number of nitrogens with zero attached hydrogens (tertiary/aromatic N) is 1. The van der Waals surface area contributed by atoms with Gasteiger partial charge in [0.1, 0.15) is 5.82 Å². The largest absolute Gasteiger partial charge is 0.481 e. The lowest BCUT2D eigenvalue weighted by Gasteiger charge is -2.20. The van der Waals surface area contributed by atoms with Crippen LogP contribution in [0.3, 0.4) is 0 Å². The Kier molecular flexibility index (Phi) is 10.3. The molecule has 0 saturated carbocycles. The van der Waals surface area contributed by atoms with E-state index in [2.05, 4.69) is 21.2 Å². The number of aliphatic carboxylic acids is 1. The van der Waals surface area contributed by atoms with Crippen molar-refractivity contribution in [2.45, 2.75) is 57.8 Å². The first-order valence-electron chi connectivity index (χ1n) is 13.8. The fourth-order valence-corrected chi connectivity index (χ4v) is 5.48. The number of rotatable bonds is 12. The molecule has 7 nitrogen and oxygen atoms in total. The minimum absolute atomic E-state index is 0.0998. The molecule has 4 N–H and O–H groups in total. The van der Waals surface area contributed by atoms with Gasteiger partial charge >= 0.3 is 5.97 Å². The van der Waals surface area contributed by atoms with Gasteiger partial charge in [0.25, 0.3) is 5.91 Å². The number of anilines is 1. The molecule has 0 saturated heterocycles. The lowest BCUT2D eigenvalue weighted by Crippen LogP contribution is -2.22. The molecule has 0 radical (unpaired) electrons. The van der Waals surface area contributed by atoms with Gasteiger partial charge in [-0.25, -0.2) is 4.39 Å². The van der Waals surface area contributed by atoms with Crippen molar-refractivity contribution in [2.24, 2.45) is 0 Å². The number of carbonyl (C=O) groups excluding carboxylic acids is 1. The maximum absolute atomic E-state index is 14.1. The van der Waals surface area contributed by atoms with Crippen LogP contribution < -0.4 is 5.32 Å². The average Bonchev–Trinajstić information content (AvgIpc) is 3.28. The summed E-state index contributed by atoms with van der Waals surface area (Å²) in [7, 11) is 0. The Balaban J connectivity index is 1.91. The first-order chi connectivity index (χ1) is 20.0. The van der Waals surface area contributed by atoms with Gasteiger partial charge < -0.3 is 25.2 Å². The van der Waals surface area contributed by atoms with Crippen LogP contribution in [0.2, 0.25) is 0 Å². The van der Waals surface area contributed by atoms with E-state index < -0.39 is 30.4 Å². The van der Waals surface area contributed by atoms with Crippen molar-refractivity contribution in [3.05, 3.63) is 100 Å². The number of carboxylic acid groups (broad SMARTS) is 1. The Morgan fingerprint density at radius 1 is 0.905 bits per heavy atom. The molecule has 3 aromatic carbocycles. The van der Waals surface area contributed by atoms with Gasteiger partial charge in [-0.15, -0.1) is 0 Å². The molecule has 0 fully saturated rings. The number of carboxylic acids is 1. The molecule has 0 aliphatic heterocycles. The average molecular weight is 638 g/mol. The molecule has 0 unspecified atom stereocenters. The van der Waals surface area contributed by atoms with Crippen molar-refractivity contribution >= 4 is 33.5 Å². The van der Waals surface area contributed by atoms with Crippen molar-refractivity contribution in [3.8, 4) is 22.4 Å². The van der Waals surface area contributed by atoms with E-state index in [1.807, 2.05) is 73.0 Å². The van der Waals surface area contributed by atoms with E-state index in [0.717, 1.165) is 15.7 Å². The molecule has 2 atom stereocenters. The molecule has 1 amide bonds. The van der Waals surface area contributed by atoms with Crippen molar-refractivity contribution in [1.82, 2.24) is 4.57 Å². The van der Waals surface area contributed by atoms with Gasteiger partial charge in [-0.05, 0) is 78.4 Å². The number of hydrogen-bond donors (Lipinski definition) is 4. The number of aromatic nitrogens is 1. The predicted molar refractivity (Wildman–Crippen MR) is 165 cm³/mol. The summed E-state index contributed by atoms with van der Waals surface area (Å²) < 4.78 is 16.9. The molecule has 4 aromatic rings. The van der Waals surface area contributed by atoms with E-state index in [1.165, 1.54) is 12.1 Å². The standard InChI is InChI=1S/C33H34BrFN2O5/c1-20(2)31-30(33(42)36-25-6-4-3-5-7-25)29(21-8-12-23(34)13-9-21)32(22-10-14-24(35)15-11-22)37(31)17-16-26(38)18-27(39)19-28(40)41/h3-15,20,26-27,38-39H,16-19H2,1-2H3,(H,36,42)(H,40,41)/t26-,27-/m1/s1. The molecule has 0 bridgehead atoms. The predicted octanol–water partition coefficient (Wildman–Crippen LogP) is 7.08. The van der Waals surface area contributed by atoms with Crippen molar-refractivity contribution in [2.75, 3.05) is 5.32 Å². The number of aliphatic hydroxyl groups excluding tert-OH is 2. The lowest BCUT2D eigenvalue weighted by molar-refractivity contribution is -0.139. The number of benzene rings is 3. The minimum atomic E-state index is -1.19. The number of aliphatic hydroxyl groups is 2. The Morgan fingerprint density at radius 3 is 2.12 bits per heavy atom. The van der Waals surface area contributed by atoms with Crippen molar-refractivity contribution < 1.29 is 29.3 Å². The van der Waals surface area contributed by atoms with Gasteiger partial charge in [-0.2, -0.15) is 0 Å². The number of carbonyl (C=O) groups is 2. The maximum atomic E-state index is 14.1. The molecule has 0 spiro atoms. The Labute approximate surface area is 252 Å². The van der Waals surface area contributed by atoms with Crippen LogP contribution in [0, 0.1) is 5.82 Å². The zero-order valence-corrected chi connectivity index (χ0v) is 25.0. The quantitative estimate of drug-likeness (QED) is 0.133. The number of nitrogens with one attached hydrogen (secondary N) is 1. The molecule has 220 valence electrons. The molecule has 0 aliphatic carbocycles. The Hall–Kier alpha value is -3.79. The Morgan fingerprint density at radius 2 is 1.52 bits per heavy atom. The van der Waals surface area contributed by atoms with Gasteiger partial charge in [0.15, 0.2) is 0 Å². The highest BCUT2D eigenvalue weighted by Gasteiger charge is 2.31. The van der Waals surface area contributed by atoms with E-state index in [9.17, 15) is 24.2 Å². The molecule has 42 heavy (non-hydrogen) atoms. The van der Waals surface area contributed by atoms with Crippen LogP contribution in [0.15, 0.2) is 83.3 Å². The van der Waals surface area contributed by atoms with Gasteiger partial charge in [-0.3, -0.25) is 9.59 Å². The SMILES string of the molecule is CC(C)c1c(C(=O)Nc2ccccc2)c(-c2ccc(Br)cc2)c(-c2ccc(F)cc2)n1CC[C@@H](O)C[C@@H](O)CC(=O)O. The smallest absolute Gasteiger partial charge is 0.305 e. The molecule has 1 heterocycles. The molecule has 0 aliphatic rings. The zero-order valence-electron chi connectivity index (χ0n) is 23.4. The van der Waals surface area contributed by atoms with Crippen molar-refractivity contribution in [1.29, 1.82) is 0 Å². The summed E-state index contributed by atoms with van der Waals surface area (Å²) in [5.74, 6) is -1.97. The normalized spacial score (nSPS) is 12.7. The number of halogens is 2. The van der Waals surface area contributed by atoms with Crippen LogP contribution in [0.1, 0.15) is 55.1 Å². The third-order valence-electron chi connectivity index (χ3n) is 7.00. The highest BCUT2D eigenvalue weighted by molar-refractivity contribution is 9.10. The first-order valence-corrected chi connectivity index (χ1v) is 14.6. The van der Waals surface area contributed by atoms with Gasteiger partial charge in [0, 0.05) is 28.0 Å². The Bertz CT molecular complexity index is 1520. The highest BCUT2D eigenvalue weighted by Crippen LogP contribution is 2.43. The number of amides is 1. The van der Waals surface area contributed by atoms with E-state index in [-0.39, 0.29) is 31.2 Å². The van der Waals surface area contributed by atoms with Crippen LogP contribution in [0.4, 0.5) is 10.1 Å². The monoisotopic (exact) mass is 636 g/mol. The topological polar surface area (TPSA) is 112 Å². The molecule has 9 heteroatoms. The number of hydrogen-bond acceptors (Lipinski definition) is 4. The third-order valence-corrected chi connectivity index (χ3v) is 7.53. The second-order valence-corrected chi connectivity index (χ2v) is 11.5. The summed E-state index contributed by atoms with van der Waals surface area (Å²) in [6, 6.07) is 22.8. The maximum Gasteiger partial charge on any atom is 0.305 e. The molecular weight excluding hydrogens is 603 g/mol. The first kappa shape index (κ1) is 31.2. The van der Waals surface area contributed by atoms with E-state index in [4.69, 9.17) is 5.11 Å². The van der Waals surface area contributed by atoms with Gasteiger partial charge in [-0.1, -0.05) is 60.1 Å². The van der Waals surface area contributed by atoms with Gasteiger partial charge in [0.05, 0.1) is 29.9 Å². The van der Waals surface area contributed by atoms with Crippen LogP contribution in [0.25, 0.3) is 22.4 Å². The zero-order chi connectivity index (χ0) is 30.4. The van der Waals surface area contributed by atoms with Gasteiger partial charge in [0.2, 0.25) is 0 Å².